The van der Waals surface area contributed by atoms with Crippen molar-refractivity contribution in [2.45, 2.75) is 31.8 Å². The number of piperidine rings is 1. The van der Waals surface area contributed by atoms with Crippen LogP contribution in [0.25, 0.3) is 0 Å². The molecule has 4 rings (SSSR count). The molecule has 0 saturated carbocycles. The van der Waals surface area contributed by atoms with E-state index in [4.69, 9.17) is 0 Å². The molecule has 2 aliphatic heterocycles. The molecule has 2 heterocycles. The largest absolute Gasteiger partial charge is 0.369 e. The molecule has 2 N–H and O–H groups in total. The van der Waals surface area contributed by atoms with Crippen molar-refractivity contribution in [2.75, 3.05) is 23.7 Å². The monoisotopic (exact) mass is 321 g/mol. The number of likely N-dealkylation sites (tertiary alicyclic amines) is 1. The molecule has 124 valence electrons. The van der Waals surface area contributed by atoms with Crippen LogP contribution in [0, 0.1) is 6.92 Å². The Bertz CT molecular complexity index is 763. The summed E-state index contributed by atoms with van der Waals surface area (Å²) in [6.45, 7) is 4.97. The van der Waals surface area contributed by atoms with E-state index in [-0.39, 0.29) is 5.91 Å². The molecule has 4 heteroatoms. The quantitative estimate of drug-likeness (QED) is 0.891. The van der Waals surface area contributed by atoms with E-state index in [9.17, 15) is 4.79 Å². The maximum absolute atomic E-state index is 12.7. The van der Waals surface area contributed by atoms with Gasteiger partial charge in [-0.15, -0.1) is 0 Å². The molecule has 2 aromatic rings. The first-order chi connectivity index (χ1) is 11.7. The second-order valence-corrected chi connectivity index (χ2v) is 6.91. The van der Waals surface area contributed by atoms with Crippen molar-refractivity contribution in [2.24, 2.45) is 0 Å². The van der Waals surface area contributed by atoms with Crippen LogP contribution in [0.15, 0.2) is 48.5 Å². The highest BCUT2D eigenvalue weighted by Gasteiger charge is 2.44. The Kier molecular flexibility index (Phi) is 3.77. The standard InChI is InChI=1S/C20H23N3O/c1-15-6-2-3-7-16(15)14-23-12-10-20(11-13-23)19(24)21-17-8-4-5-9-18(17)22-20/h2-9,22H,10-14H2,1H3,(H,21,24). The lowest BCUT2D eigenvalue weighted by molar-refractivity contribution is -0.122. The summed E-state index contributed by atoms with van der Waals surface area (Å²) in [5, 5.41) is 6.59. The second-order valence-electron chi connectivity index (χ2n) is 6.91. The molecule has 24 heavy (non-hydrogen) atoms. The summed E-state index contributed by atoms with van der Waals surface area (Å²) in [6.07, 6.45) is 1.66. The third-order valence-corrected chi connectivity index (χ3v) is 5.35. The number of benzene rings is 2. The number of nitrogens with zero attached hydrogens (tertiary/aromatic N) is 1. The fraction of sp³-hybridized carbons (Fsp3) is 0.350. The van der Waals surface area contributed by atoms with Crippen LogP contribution in [0.4, 0.5) is 11.4 Å². The van der Waals surface area contributed by atoms with Gasteiger partial charge >= 0.3 is 0 Å². The van der Waals surface area contributed by atoms with Gasteiger partial charge in [0.2, 0.25) is 5.91 Å². The van der Waals surface area contributed by atoms with Crippen LogP contribution in [0.5, 0.6) is 0 Å². The van der Waals surface area contributed by atoms with Gasteiger partial charge in [-0.3, -0.25) is 9.69 Å². The van der Waals surface area contributed by atoms with Crippen molar-refractivity contribution in [3.63, 3.8) is 0 Å². The molecular weight excluding hydrogens is 298 g/mol. The summed E-state index contributed by atoms with van der Waals surface area (Å²) in [5.74, 6) is 0.108. The van der Waals surface area contributed by atoms with Crippen LogP contribution in [0.3, 0.4) is 0 Å². The van der Waals surface area contributed by atoms with Gasteiger partial charge in [-0.25, -0.2) is 0 Å². The predicted molar refractivity (Wildman–Crippen MR) is 97.1 cm³/mol. The van der Waals surface area contributed by atoms with E-state index in [0.29, 0.717) is 0 Å². The Morgan fingerprint density at radius 1 is 1.00 bits per heavy atom. The van der Waals surface area contributed by atoms with Crippen molar-refractivity contribution < 1.29 is 4.79 Å². The topological polar surface area (TPSA) is 44.4 Å². The number of carbonyl (C=O) groups is 1. The highest BCUT2D eigenvalue weighted by atomic mass is 16.2. The molecule has 1 saturated heterocycles. The summed E-state index contributed by atoms with van der Waals surface area (Å²) >= 11 is 0. The summed E-state index contributed by atoms with van der Waals surface area (Å²) in [6, 6.07) is 16.5. The van der Waals surface area contributed by atoms with Crippen molar-refractivity contribution in [3.8, 4) is 0 Å². The predicted octanol–water partition coefficient (Wildman–Crippen LogP) is 3.39. The van der Waals surface area contributed by atoms with Crippen molar-refractivity contribution >= 4 is 17.3 Å². The van der Waals surface area contributed by atoms with Crippen LogP contribution in [0.2, 0.25) is 0 Å². The molecule has 1 spiro atoms. The molecule has 2 aromatic carbocycles. The van der Waals surface area contributed by atoms with Gasteiger partial charge in [0.1, 0.15) is 5.54 Å². The average Bonchev–Trinajstić information content (AvgIpc) is 2.60. The number of hydrogen-bond donors (Lipinski definition) is 2. The average molecular weight is 321 g/mol. The molecule has 4 nitrogen and oxygen atoms in total. The van der Waals surface area contributed by atoms with Gasteiger partial charge in [0.15, 0.2) is 0 Å². The lowest BCUT2D eigenvalue weighted by atomic mass is 9.84. The zero-order chi connectivity index (χ0) is 16.6. The molecule has 0 radical (unpaired) electrons. The van der Waals surface area contributed by atoms with Crippen LogP contribution in [0.1, 0.15) is 24.0 Å². The lowest BCUT2D eigenvalue weighted by Gasteiger charge is -2.44. The molecule has 0 bridgehead atoms. The first kappa shape index (κ1) is 15.2. The first-order valence-electron chi connectivity index (χ1n) is 8.62. The molecule has 0 aromatic heterocycles. The van der Waals surface area contributed by atoms with E-state index in [0.717, 1.165) is 43.9 Å². The summed E-state index contributed by atoms with van der Waals surface area (Å²) in [5.41, 5.74) is 4.16. The minimum atomic E-state index is -0.462. The van der Waals surface area contributed by atoms with E-state index in [1.54, 1.807) is 0 Å². The fourth-order valence-electron chi connectivity index (χ4n) is 3.73. The molecule has 2 aliphatic rings. The first-order valence-corrected chi connectivity index (χ1v) is 8.62. The maximum atomic E-state index is 12.7. The van der Waals surface area contributed by atoms with Crippen molar-refractivity contribution in [1.29, 1.82) is 0 Å². The lowest BCUT2D eigenvalue weighted by Crippen LogP contribution is -2.58. The minimum Gasteiger partial charge on any atom is -0.369 e. The second kappa shape index (κ2) is 5.95. The number of nitrogens with one attached hydrogen (secondary N) is 2. The maximum Gasteiger partial charge on any atom is 0.250 e. The highest BCUT2D eigenvalue weighted by Crippen LogP contribution is 2.36. The van der Waals surface area contributed by atoms with Crippen LogP contribution < -0.4 is 10.6 Å². The number of rotatable bonds is 2. The van der Waals surface area contributed by atoms with Gasteiger partial charge in [-0.1, -0.05) is 36.4 Å². The Labute approximate surface area is 142 Å². The smallest absolute Gasteiger partial charge is 0.250 e. The normalized spacial score (nSPS) is 19.5. The molecule has 1 fully saturated rings. The number of hydrogen-bond acceptors (Lipinski definition) is 3. The fourth-order valence-corrected chi connectivity index (χ4v) is 3.73. The Hall–Kier alpha value is -2.33. The van der Waals surface area contributed by atoms with Crippen LogP contribution in [-0.2, 0) is 11.3 Å². The van der Waals surface area contributed by atoms with E-state index in [1.165, 1.54) is 11.1 Å². The van der Waals surface area contributed by atoms with Gasteiger partial charge in [-0.2, -0.15) is 0 Å². The summed E-state index contributed by atoms with van der Waals surface area (Å²) in [4.78, 5) is 15.1. The zero-order valence-electron chi connectivity index (χ0n) is 14.0. The number of amides is 1. The Morgan fingerprint density at radius 3 is 2.42 bits per heavy atom. The number of para-hydroxylation sites is 2. The minimum absolute atomic E-state index is 0.108. The number of aryl methyl sites for hydroxylation is 1. The van der Waals surface area contributed by atoms with Crippen molar-refractivity contribution in [3.05, 3.63) is 59.7 Å². The molecular formula is C20H23N3O. The zero-order valence-corrected chi connectivity index (χ0v) is 14.0. The van der Waals surface area contributed by atoms with E-state index < -0.39 is 5.54 Å². The number of anilines is 2. The summed E-state index contributed by atoms with van der Waals surface area (Å²) in [7, 11) is 0. The van der Waals surface area contributed by atoms with Crippen LogP contribution in [-0.4, -0.2) is 29.4 Å². The Balaban J connectivity index is 1.46. The number of fused-ring (bicyclic) bond motifs is 1. The highest BCUT2D eigenvalue weighted by molar-refractivity contribution is 6.06. The van der Waals surface area contributed by atoms with Gasteiger partial charge < -0.3 is 10.6 Å². The van der Waals surface area contributed by atoms with Gasteiger partial charge in [0.05, 0.1) is 11.4 Å². The van der Waals surface area contributed by atoms with Crippen LogP contribution >= 0.6 is 0 Å². The third kappa shape index (κ3) is 2.67. The van der Waals surface area contributed by atoms with Gasteiger partial charge in [0, 0.05) is 19.6 Å². The van der Waals surface area contributed by atoms with Crippen molar-refractivity contribution in [1.82, 2.24) is 4.90 Å². The van der Waals surface area contributed by atoms with E-state index in [1.807, 2.05) is 24.3 Å². The Morgan fingerprint density at radius 2 is 1.67 bits per heavy atom. The van der Waals surface area contributed by atoms with Gasteiger partial charge in [-0.05, 0) is 43.0 Å². The molecule has 1 amide bonds. The summed E-state index contributed by atoms with van der Waals surface area (Å²) < 4.78 is 0. The third-order valence-electron chi connectivity index (χ3n) is 5.35. The van der Waals surface area contributed by atoms with E-state index >= 15 is 0 Å². The molecule has 0 atom stereocenters. The number of carbonyl (C=O) groups excluding carboxylic acids is 1. The van der Waals surface area contributed by atoms with E-state index in [2.05, 4.69) is 46.7 Å². The molecule has 0 unspecified atom stereocenters. The molecule has 0 aliphatic carbocycles. The SMILES string of the molecule is Cc1ccccc1CN1CCC2(CC1)Nc1ccccc1NC2=O. The van der Waals surface area contributed by atoms with Gasteiger partial charge in [0.25, 0.3) is 0 Å².